The van der Waals surface area contributed by atoms with Gasteiger partial charge in [0.25, 0.3) is 11.5 Å². The van der Waals surface area contributed by atoms with Gasteiger partial charge in [0.05, 0.1) is 11.6 Å². The number of aromatic amines is 1. The van der Waals surface area contributed by atoms with E-state index < -0.39 is 0 Å². The van der Waals surface area contributed by atoms with E-state index in [0.717, 1.165) is 31.6 Å². The normalized spacial score (nSPS) is 15.4. The van der Waals surface area contributed by atoms with Crippen molar-refractivity contribution in [1.82, 2.24) is 20.0 Å². The van der Waals surface area contributed by atoms with Crippen LogP contribution in [-0.2, 0) is 6.54 Å². The first kappa shape index (κ1) is 16.9. The fraction of sp³-hybridized carbons (Fsp3) is 0.333. The van der Waals surface area contributed by atoms with E-state index in [1.807, 2.05) is 24.3 Å². The highest BCUT2D eigenvalue weighted by molar-refractivity contribution is 5.92. The zero-order valence-corrected chi connectivity index (χ0v) is 13.8. The molecule has 1 aromatic carbocycles. The molecular weight excluding hydrogens is 318 g/mol. The molecule has 0 unspecified atom stereocenters. The number of hydrogen-bond donors (Lipinski definition) is 1. The summed E-state index contributed by atoms with van der Waals surface area (Å²) in [4.78, 5) is 27.6. The maximum atomic E-state index is 12.5. The van der Waals surface area contributed by atoms with E-state index in [1.165, 1.54) is 12.1 Å². The Hall–Kier alpha value is -2.98. The smallest absolute Gasteiger partial charge is 0.274 e. The Balaban J connectivity index is 1.59. The zero-order chi connectivity index (χ0) is 17.6. The average molecular weight is 337 g/mol. The number of carbonyl (C=O) groups excluding carboxylic acids is 1. The molecule has 0 aliphatic carbocycles. The molecule has 1 amide bonds. The van der Waals surface area contributed by atoms with Gasteiger partial charge in [0.2, 0.25) is 0 Å². The fourth-order valence-corrected chi connectivity index (χ4v) is 2.90. The summed E-state index contributed by atoms with van der Waals surface area (Å²) in [6.07, 6.45) is 0.880. The molecule has 1 N–H and O–H groups in total. The summed E-state index contributed by atoms with van der Waals surface area (Å²) in [6.45, 7) is 3.77. The molecule has 0 spiro atoms. The number of rotatable bonds is 3. The quantitative estimate of drug-likeness (QED) is 0.901. The van der Waals surface area contributed by atoms with Gasteiger partial charge in [-0.25, -0.2) is 5.10 Å². The first-order valence-electron chi connectivity index (χ1n) is 8.22. The second-order valence-electron chi connectivity index (χ2n) is 6.04. The predicted molar refractivity (Wildman–Crippen MR) is 91.8 cm³/mol. The Kier molecular flexibility index (Phi) is 5.21. The van der Waals surface area contributed by atoms with Crippen molar-refractivity contribution in [3.05, 3.63) is 63.6 Å². The van der Waals surface area contributed by atoms with Crippen LogP contribution in [0.5, 0.6) is 0 Å². The highest BCUT2D eigenvalue weighted by atomic mass is 16.2. The average Bonchev–Trinajstić information content (AvgIpc) is 2.88. The van der Waals surface area contributed by atoms with Gasteiger partial charge in [-0.05, 0) is 30.2 Å². The van der Waals surface area contributed by atoms with Crippen LogP contribution >= 0.6 is 0 Å². The van der Waals surface area contributed by atoms with Gasteiger partial charge >= 0.3 is 0 Å². The van der Waals surface area contributed by atoms with Crippen LogP contribution in [-0.4, -0.2) is 52.1 Å². The van der Waals surface area contributed by atoms with Crippen molar-refractivity contribution in [2.24, 2.45) is 0 Å². The second kappa shape index (κ2) is 7.73. The summed E-state index contributed by atoms with van der Waals surface area (Å²) in [5.74, 6) is -0.156. The molecule has 0 radical (unpaired) electrons. The molecule has 25 heavy (non-hydrogen) atoms. The lowest BCUT2D eigenvalue weighted by Gasteiger charge is -2.21. The lowest BCUT2D eigenvalue weighted by Crippen LogP contribution is -2.36. The summed E-state index contributed by atoms with van der Waals surface area (Å²) < 4.78 is 0. The van der Waals surface area contributed by atoms with E-state index in [-0.39, 0.29) is 17.2 Å². The van der Waals surface area contributed by atoms with Gasteiger partial charge in [-0.2, -0.15) is 10.4 Å². The molecule has 7 nitrogen and oxygen atoms in total. The highest BCUT2D eigenvalue weighted by Crippen LogP contribution is 2.11. The van der Waals surface area contributed by atoms with Gasteiger partial charge in [0, 0.05) is 38.8 Å². The summed E-state index contributed by atoms with van der Waals surface area (Å²) in [6, 6.07) is 12.5. The Morgan fingerprint density at radius 1 is 1.12 bits per heavy atom. The molecular formula is C18H19N5O2. The van der Waals surface area contributed by atoms with Crippen molar-refractivity contribution in [3.8, 4) is 6.07 Å². The van der Waals surface area contributed by atoms with Crippen molar-refractivity contribution in [3.63, 3.8) is 0 Å². The molecule has 2 heterocycles. The topological polar surface area (TPSA) is 93.1 Å². The number of H-pyrrole nitrogens is 1. The van der Waals surface area contributed by atoms with Gasteiger partial charge < -0.3 is 4.90 Å². The maximum Gasteiger partial charge on any atom is 0.274 e. The summed E-state index contributed by atoms with van der Waals surface area (Å²) in [5.41, 5.74) is 1.76. The van der Waals surface area contributed by atoms with Gasteiger partial charge in [-0.1, -0.05) is 12.1 Å². The summed E-state index contributed by atoms with van der Waals surface area (Å²) >= 11 is 0. The number of benzene rings is 1. The number of hydrogen-bond acceptors (Lipinski definition) is 5. The van der Waals surface area contributed by atoms with Crippen LogP contribution in [0.1, 0.15) is 28.0 Å². The zero-order valence-electron chi connectivity index (χ0n) is 13.8. The minimum absolute atomic E-state index is 0.156. The third-order valence-electron chi connectivity index (χ3n) is 4.26. The SMILES string of the molecule is N#Cc1ccc(CN2CCCN(C(=O)c3ccc(=O)[nH]n3)CC2)cc1. The standard InChI is InChI=1S/C18H19N5O2/c19-12-14-2-4-15(5-3-14)13-22-8-1-9-23(11-10-22)18(25)16-6-7-17(24)21-20-16/h2-7H,1,8-11,13H2,(H,21,24). The predicted octanol–water partition coefficient (Wildman–Crippen LogP) is 0.990. The van der Waals surface area contributed by atoms with Crippen molar-refractivity contribution < 1.29 is 4.79 Å². The minimum Gasteiger partial charge on any atom is -0.336 e. The van der Waals surface area contributed by atoms with E-state index in [0.29, 0.717) is 18.7 Å². The largest absolute Gasteiger partial charge is 0.336 e. The number of aromatic nitrogens is 2. The number of amides is 1. The Bertz CT molecular complexity index is 817. The van der Waals surface area contributed by atoms with Crippen molar-refractivity contribution in [2.75, 3.05) is 26.2 Å². The van der Waals surface area contributed by atoms with Gasteiger partial charge in [-0.15, -0.1) is 0 Å². The molecule has 0 bridgehead atoms. The van der Waals surface area contributed by atoms with E-state index >= 15 is 0 Å². The van der Waals surface area contributed by atoms with Crippen LogP contribution < -0.4 is 5.56 Å². The minimum atomic E-state index is -0.319. The van der Waals surface area contributed by atoms with E-state index in [9.17, 15) is 9.59 Å². The van der Waals surface area contributed by atoms with Crippen LogP contribution in [0.2, 0.25) is 0 Å². The van der Waals surface area contributed by atoms with E-state index in [1.54, 1.807) is 4.90 Å². The molecule has 128 valence electrons. The first-order valence-corrected chi connectivity index (χ1v) is 8.22. The lowest BCUT2D eigenvalue weighted by molar-refractivity contribution is 0.0754. The molecule has 3 rings (SSSR count). The lowest BCUT2D eigenvalue weighted by atomic mass is 10.1. The Morgan fingerprint density at radius 3 is 2.60 bits per heavy atom. The van der Waals surface area contributed by atoms with Gasteiger partial charge in [0.1, 0.15) is 5.69 Å². The van der Waals surface area contributed by atoms with Crippen LogP contribution in [0.4, 0.5) is 0 Å². The highest BCUT2D eigenvalue weighted by Gasteiger charge is 2.21. The summed E-state index contributed by atoms with van der Waals surface area (Å²) in [7, 11) is 0. The molecule has 1 aromatic heterocycles. The second-order valence-corrected chi connectivity index (χ2v) is 6.04. The summed E-state index contributed by atoms with van der Waals surface area (Å²) in [5, 5.41) is 15.0. The van der Waals surface area contributed by atoms with Crippen LogP contribution in [0, 0.1) is 11.3 Å². The van der Waals surface area contributed by atoms with Crippen LogP contribution in [0.15, 0.2) is 41.2 Å². The molecule has 7 heteroatoms. The molecule has 1 fully saturated rings. The van der Waals surface area contributed by atoms with Crippen molar-refractivity contribution >= 4 is 5.91 Å². The first-order chi connectivity index (χ1) is 12.2. The van der Waals surface area contributed by atoms with E-state index in [2.05, 4.69) is 21.2 Å². The number of nitriles is 1. The van der Waals surface area contributed by atoms with Crippen molar-refractivity contribution in [1.29, 1.82) is 5.26 Å². The molecule has 1 aliphatic rings. The third-order valence-corrected chi connectivity index (χ3v) is 4.26. The van der Waals surface area contributed by atoms with Crippen molar-refractivity contribution in [2.45, 2.75) is 13.0 Å². The van der Waals surface area contributed by atoms with Gasteiger partial charge in [0.15, 0.2) is 0 Å². The number of carbonyl (C=O) groups is 1. The number of nitrogens with zero attached hydrogens (tertiary/aromatic N) is 4. The molecule has 0 atom stereocenters. The Morgan fingerprint density at radius 2 is 1.92 bits per heavy atom. The Labute approximate surface area is 145 Å². The molecule has 0 saturated carbocycles. The van der Waals surface area contributed by atoms with Crippen LogP contribution in [0.25, 0.3) is 0 Å². The molecule has 1 aliphatic heterocycles. The molecule has 1 saturated heterocycles. The molecule has 2 aromatic rings. The van der Waals surface area contributed by atoms with Gasteiger partial charge in [-0.3, -0.25) is 14.5 Å². The monoisotopic (exact) mass is 337 g/mol. The fourth-order valence-electron chi connectivity index (χ4n) is 2.90. The number of nitrogens with one attached hydrogen (secondary N) is 1. The van der Waals surface area contributed by atoms with E-state index in [4.69, 9.17) is 5.26 Å². The maximum absolute atomic E-state index is 12.5. The third kappa shape index (κ3) is 4.31. The van der Waals surface area contributed by atoms with Crippen LogP contribution in [0.3, 0.4) is 0 Å².